The predicted octanol–water partition coefficient (Wildman–Crippen LogP) is 2.60. The summed E-state index contributed by atoms with van der Waals surface area (Å²) in [6.45, 7) is 6.11. The zero-order valence-electron chi connectivity index (χ0n) is 13.8. The van der Waals surface area contributed by atoms with Gasteiger partial charge in [0.15, 0.2) is 0 Å². The molecule has 4 nitrogen and oxygen atoms in total. The van der Waals surface area contributed by atoms with Crippen molar-refractivity contribution >= 4 is 23.1 Å². The van der Waals surface area contributed by atoms with Gasteiger partial charge in [0.25, 0.3) is 0 Å². The Hall–Kier alpha value is 0.280. The molecule has 2 rings (SSSR count). The Morgan fingerprint density at radius 1 is 1.41 bits per heavy atom. The lowest BCUT2D eigenvalue weighted by molar-refractivity contribution is -0.0208. The van der Waals surface area contributed by atoms with Crippen LogP contribution in [0.1, 0.15) is 46.5 Å². The highest BCUT2D eigenvalue weighted by molar-refractivity contribution is 7.99. The summed E-state index contributed by atoms with van der Waals surface area (Å²) in [5.41, 5.74) is 0.201. The number of aliphatic hydroxyl groups is 1. The third kappa shape index (κ3) is 5.42. The molecule has 2 N–H and O–H groups in total. The summed E-state index contributed by atoms with van der Waals surface area (Å²) >= 11 is 0.699. The Morgan fingerprint density at radius 2 is 2.18 bits per heavy atom. The van der Waals surface area contributed by atoms with Crippen molar-refractivity contribution in [2.45, 2.75) is 68.8 Å². The highest BCUT2D eigenvalue weighted by Gasteiger charge is 2.35. The maximum atomic E-state index is 12.4. The molecule has 5 atom stereocenters. The smallest absolute Gasteiger partial charge is 0.136 e. The van der Waals surface area contributed by atoms with Crippen LogP contribution < -0.4 is 4.72 Å². The molecule has 0 radical (unpaired) electrons. The molecule has 2 aliphatic rings. The maximum absolute atomic E-state index is 12.4. The van der Waals surface area contributed by atoms with Crippen LogP contribution in [-0.4, -0.2) is 44.3 Å². The van der Waals surface area contributed by atoms with Crippen molar-refractivity contribution in [2.24, 2.45) is 5.92 Å². The number of hydrogen-bond donors (Lipinski definition) is 2. The van der Waals surface area contributed by atoms with Gasteiger partial charge in [-0.05, 0) is 46.5 Å². The fourth-order valence-corrected chi connectivity index (χ4v) is 4.75. The Morgan fingerprint density at radius 3 is 2.86 bits per heavy atom. The number of aliphatic hydroxyl groups excluding tert-OH is 1. The van der Waals surface area contributed by atoms with Gasteiger partial charge in [-0.2, -0.15) is 0 Å². The lowest BCUT2D eigenvalue weighted by Gasteiger charge is -2.37. The van der Waals surface area contributed by atoms with Crippen LogP contribution in [0.5, 0.6) is 0 Å². The molecular weight excluding hydrogens is 318 g/mol. The van der Waals surface area contributed by atoms with E-state index in [1.54, 1.807) is 11.8 Å². The standard InChI is InChI=1S/C16H29NO3S2/c1-16(2,3)22(19)17-13-7-4-6-12(10-18)11-21-15-9-5-8-14(13)20-15/h4,6,12-15,17-18H,5,7-11H2,1-3H3/b6-4+/t12?,13-,14-,15-,22?/m1/s1. The lowest BCUT2D eigenvalue weighted by atomic mass is 9.99. The minimum Gasteiger partial charge on any atom is -0.598 e. The van der Waals surface area contributed by atoms with E-state index < -0.39 is 11.4 Å². The lowest BCUT2D eigenvalue weighted by Crippen LogP contribution is -2.51. The molecule has 128 valence electrons. The average molecular weight is 348 g/mol. The SMILES string of the molecule is CC(C)(C)[S+]([O-])N[C@@H]1C/C=C/C(CO)CS[C@@H]2CCC[C@H]1O2. The molecule has 2 aliphatic heterocycles. The van der Waals surface area contributed by atoms with Crippen molar-refractivity contribution in [2.75, 3.05) is 12.4 Å². The highest BCUT2D eigenvalue weighted by atomic mass is 32.2. The molecule has 1 saturated heterocycles. The van der Waals surface area contributed by atoms with E-state index in [0.717, 1.165) is 31.4 Å². The number of hydrogen-bond acceptors (Lipinski definition) is 5. The first-order valence-corrected chi connectivity index (χ1v) is 10.3. The molecule has 0 aromatic heterocycles. The first-order valence-electron chi connectivity index (χ1n) is 8.13. The first-order chi connectivity index (χ1) is 10.4. The second kappa shape index (κ2) is 8.40. The topological polar surface area (TPSA) is 64.5 Å². The van der Waals surface area contributed by atoms with Gasteiger partial charge >= 0.3 is 0 Å². The molecule has 1 fully saturated rings. The fourth-order valence-electron chi connectivity index (χ4n) is 2.64. The number of rotatable bonds is 3. The van der Waals surface area contributed by atoms with Crippen LogP contribution >= 0.6 is 11.8 Å². The Bertz CT molecular complexity index is 373. The molecule has 2 heterocycles. The molecule has 2 bridgehead atoms. The van der Waals surface area contributed by atoms with Crippen molar-refractivity contribution in [3.63, 3.8) is 0 Å². The summed E-state index contributed by atoms with van der Waals surface area (Å²) in [7, 11) is 0. The normalized spacial score (nSPS) is 36.6. The molecule has 0 amide bonds. The summed E-state index contributed by atoms with van der Waals surface area (Å²) in [6.07, 6.45) is 8.36. The van der Waals surface area contributed by atoms with Gasteiger partial charge in [-0.15, -0.1) is 16.5 Å². The van der Waals surface area contributed by atoms with E-state index in [0.29, 0.717) is 0 Å². The summed E-state index contributed by atoms with van der Waals surface area (Å²) in [5.74, 6) is 1.08. The summed E-state index contributed by atoms with van der Waals surface area (Å²) in [5, 5.41) is 9.44. The van der Waals surface area contributed by atoms with Gasteiger partial charge in [-0.25, -0.2) is 0 Å². The maximum Gasteiger partial charge on any atom is 0.136 e. The third-order valence-electron chi connectivity index (χ3n) is 4.05. The van der Waals surface area contributed by atoms with E-state index in [1.807, 2.05) is 20.8 Å². The van der Waals surface area contributed by atoms with Crippen LogP contribution in [-0.2, 0) is 16.1 Å². The molecule has 0 saturated carbocycles. The molecule has 22 heavy (non-hydrogen) atoms. The van der Waals surface area contributed by atoms with Crippen LogP contribution in [0, 0.1) is 5.92 Å². The molecule has 0 aromatic rings. The largest absolute Gasteiger partial charge is 0.598 e. The number of fused-ring (bicyclic) bond motifs is 2. The molecule has 6 heteroatoms. The quantitative estimate of drug-likeness (QED) is 0.607. The van der Waals surface area contributed by atoms with Gasteiger partial charge in [0.2, 0.25) is 0 Å². The predicted molar refractivity (Wildman–Crippen MR) is 94.1 cm³/mol. The van der Waals surface area contributed by atoms with E-state index in [-0.39, 0.29) is 34.9 Å². The van der Waals surface area contributed by atoms with Crippen molar-refractivity contribution in [3.8, 4) is 0 Å². The Kier molecular flexibility index (Phi) is 7.11. The van der Waals surface area contributed by atoms with Crippen molar-refractivity contribution in [3.05, 3.63) is 12.2 Å². The van der Waals surface area contributed by atoms with Crippen LogP contribution in [0.3, 0.4) is 0 Å². The van der Waals surface area contributed by atoms with E-state index in [1.165, 1.54) is 0 Å². The monoisotopic (exact) mass is 347 g/mol. The number of thioether (sulfide) groups is 1. The van der Waals surface area contributed by atoms with Crippen LogP contribution in [0.25, 0.3) is 0 Å². The molecule has 0 spiro atoms. The fraction of sp³-hybridized carbons (Fsp3) is 0.875. The second-order valence-corrected chi connectivity index (χ2v) is 10.3. The summed E-state index contributed by atoms with van der Waals surface area (Å²) in [6, 6.07) is 0.0668. The van der Waals surface area contributed by atoms with Crippen LogP contribution in [0.2, 0.25) is 0 Å². The van der Waals surface area contributed by atoms with Gasteiger partial charge in [0.05, 0.1) is 18.8 Å². The van der Waals surface area contributed by atoms with E-state index in [2.05, 4.69) is 16.9 Å². The minimum absolute atomic E-state index is 0.0668. The van der Waals surface area contributed by atoms with Crippen molar-refractivity contribution < 1.29 is 14.4 Å². The van der Waals surface area contributed by atoms with E-state index >= 15 is 0 Å². The second-order valence-electron chi connectivity index (χ2n) is 7.08. The zero-order chi connectivity index (χ0) is 16.2. The highest BCUT2D eigenvalue weighted by Crippen LogP contribution is 2.32. The third-order valence-corrected chi connectivity index (χ3v) is 7.02. The molecular formula is C16H29NO3S2. The van der Waals surface area contributed by atoms with Crippen LogP contribution in [0.4, 0.5) is 0 Å². The van der Waals surface area contributed by atoms with Gasteiger partial charge in [-0.3, -0.25) is 0 Å². The molecule has 2 unspecified atom stereocenters. The average Bonchev–Trinajstić information content (AvgIpc) is 2.48. The van der Waals surface area contributed by atoms with Crippen LogP contribution in [0.15, 0.2) is 12.2 Å². The number of ether oxygens (including phenoxy) is 1. The van der Waals surface area contributed by atoms with E-state index in [4.69, 9.17) is 4.74 Å². The van der Waals surface area contributed by atoms with Gasteiger partial charge < -0.3 is 14.4 Å². The zero-order valence-corrected chi connectivity index (χ0v) is 15.4. The Labute approximate surface area is 141 Å². The van der Waals surface area contributed by atoms with Gasteiger partial charge in [0, 0.05) is 23.0 Å². The minimum atomic E-state index is -1.10. The summed E-state index contributed by atoms with van der Waals surface area (Å²) in [4.78, 5) is 0. The van der Waals surface area contributed by atoms with Crippen molar-refractivity contribution in [1.29, 1.82) is 0 Å². The molecule has 0 aliphatic carbocycles. The van der Waals surface area contributed by atoms with E-state index in [9.17, 15) is 9.66 Å². The van der Waals surface area contributed by atoms with Crippen molar-refractivity contribution in [1.82, 2.24) is 4.72 Å². The van der Waals surface area contributed by atoms with Gasteiger partial charge in [0.1, 0.15) is 10.2 Å². The first kappa shape index (κ1) is 18.6. The number of nitrogens with one attached hydrogen (secondary N) is 1. The van der Waals surface area contributed by atoms with Gasteiger partial charge in [-0.1, -0.05) is 12.2 Å². The molecule has 0 aromatic carbocycles. The summed E-state index contributed by atoms with van der Waals surface area (Å²) < 4.78 is 21.7. The Balaban J connectivity index is 2.08.